The lowest BCUT2D eigenvalue weighted by Gasteiger charge is -2.33. The summed E-state index contributed by atoms with van der Waals surface area (Å²) < 4.78 is 5.30. The summed E-state index contributed by atoms with van der Waals surface area (Å²) in [5.74, 6) is 1.40. The highest BCUT2D eigenvalue weighted by molar-refractivity contribution is 6.30. The summed E-state index contributed by atoms with van der Waals surface area (Å²) in [7, 11) is 1.55. The highest BCUT2D eigenvalue weighted by Crippen LogP contribution is 2.27. The van der Waals surface area contributed by atoms with Gasteiger partial charge in [0.15, 0.2) is 0 Å². The van der Waals surface area contributed by atoms with Crippen molar-refractivity contribution in [3.63, 3.8) is 0 Å². The second kappa shape index (κ2) is 8.09. The first-order valence-corrected chi connectivity index (χ1v) is 9.37. The molecule has 3 rings (SSSR count). The number of methoxy groups -OCH3 is 1. The minimum atomic E-state index is 0.00156. The average Bonchev–Trinajstić information content (AvgIpc) is 3.04. The fourth-order valence-electron chi connectivity index (χ4n) is 3.72. The summed E-state index contributed by atoms with van der Waals surface area (Å²) in [6, 6.07) is 5.13. The van der Waals surface area contributed by atoms with E-state index in [4.69, 9.17) is 16.3 Å². The lowest BCUT2D eigenvalue weighted by molar-refractivity contribution is -0.127. The molecule has 2 saturated heterocycles. The van der Waals surface area contributed by atoms with Crippen LogP contribution in [0.1, 0.15) is 42.5 Å². The molecule has 6 heteroatoms. The molecule has 2 aliphatic heterocycles. The summed E-state index contributed by atoms with van der Waals surface area (Å²) in [4.78, 5) is 28.3. The molecule has 0 atom stereocenters. The standard InChI is InChI=1S/C19H25ClN2O3/c1-25-17-13-15(20)4-5-16(17)19(24)22-11-7-14(8-12-22)6-10-21-9-2-3-18(21)23/h4-5,13-14H,2-3,6-12H2,1H3. The van der Waals surface area contributed by atoms with Crippen LogP contribution in [0.5, 0.6) is 5.75 Å². The SMILES string of the molecule is COc1cc(Cl)ccc1C(=O)N1CCC(CCN2CCCC2=O)CC1. The van der Waals surface area contributed by atoms with Gasteiger partial charge >= 0.3 is 0 Å². The molecule has 136 valence electrons. The van der Waals surface area contributed by atoms with Gasteiger partial charge in [-0.15, -0.1) is 0 Å². The van der Waals surface area contributed by atoms with E-state index >= 15 is 0 Å². The Kier molecular flexibility index (Phi) is 5.84. The van der Waals surface area contributed by atoms with Gasteiger partial charge in [0.05, 0.1) is 12.7 Å². The third-order valence-corrected chi connectivity index (χ3v) is 5.51. The van der Waals surface area contributed by atoms with Gasteiger partial charge in [-0.25, -0.2) is 0 Å². The van der Waals surface area contributed by atoms with Crippen LogP contribution in [0.3, 0.4) is 0 Å². The van der Waals surface area contributed by atoms with Crippen LogP contribution in [-0.2, 0) is 4.79 Å². The summed E-state index contributed by atoms with van der Waals surface area (Å²) in [5, 5.41) is 0.559. The number of piperidine rings is 1. The summed E-state index contributed by atoms with van der Waals surface area (Å²) in [6.45, 7) is 3.28. The van der Waals surface area contributed by atoms with Gasteiger partial charge in [-0.3, -0.25) is 9.59 Å². The van der Waals surface area contributed by atoms with E-state index in [0.717, 1.165) is 51.9 Å². The fraction of sp³-hybridized carbons (Fsp3) is 0.579. The Morgan fingerprint density at radius 2 is 2.04 bits per heavy atom. The second-order valence-electron chi connectivity index (χ2n) is 6.85. The van der Waals surface area contributed by atoms with Crippen LogP contribution in [-0.4, -0.2) is 54.9 Å². The molecule has 2 amide bonds. The molecule has 5 nitrogen and oxygen atoms in total. The summed E-state index contributed by atoms with van der Waals surface area (Å²) in [5.41, 5.74) is 0.563. The number of amides is 2. The number of hydrogen-bond acceptors (Lipinski definition) is 3. The van der Waals surface area contributed by atoms with Gasteiger partial charge in [0.25, 0.3) is 5.91 Å². The Morgan fingerprint density at radius 3 is 2.68 bits per heavy atom. The Bertz CT molecular complexity index is 642. The van der Waals surface area contributed by atoms with E-state index in [9.17, 15) is 9.59 Å². The van der Waals surface area contributed by atoms with Crippen molar-refractivity contribution in [3.8, 4) is 5.75 Å². The summed E-state index contributed by atoms with van der Waals surface area (Å²) >= 11 is 5.97. The molecule has 0 bridgehead atoms. The van der Waals surface area contributed by atoms with Crippen molar-refractivity contribution in [2.45, 2.75) is 32.1 Å². The van der Waals surface area contributed by atoms with E-state index in [1.165, 1.54) is 0 Å². The molecular weight excluding hydrogens is 340 g/mol. The number of likely N-dealkylation sites (tertiary alicyclic amines) is 2. The molecule has 0 aromatic heterocycles. The maximum Gasteiger partial charge on any atom is 0.257 e. The van der Waals surface area contributed by atoms with Gasteiger partial charge in [0.1, 0.15) is 5.75 Å². The van der Waals surface area contributed by atoms with Crippen molar-refractivity contribution < 1.29 is 14.3 Å². The maximum absolute atomic E-state index is 12.8. The van der Waals surface area contributed by atoms with Crippen molar-refractivity contribution in [1.29, 1.82) is 0 Å². The largest absolute Gasteiger partial charge is 0.496 e. The van der Waals surface area contributed by atoms with Crippen molar-refractivity contribution in [2.75, 3.05) is 33.3 Å². The van der Waals surface area contributed by atoms with E-state index in [2.05, 4.69) is 0 Å². The molecule has 0 N–H and O–H groups in total. The molecule has 25 heavy (non-hydrogen) atoms. The van der Waals surface area contributed by atoms with Crippen molar-refractivity contribution >= 4 is 23.4 Å². The van der Waals surface area contributed by atoms with Crippen LogP contribution >= 0.6 is 11.6 Å². The van der Waals surface area contributed by atoms with E-state index in [1.54, 1.807) is 25.3 Å². The molecule has 1 aromatic rings. The lowest BCUT2D eigenvalue weighted by Crippen LogP contribution is -2.39. The van der Waals surface area contributed by atoms with Crippen LogP contribution in [0, 0.1) is 5.92 Å². The Morgan fingerprint density at radius 1 is 1.28 bits per heavy atom. The van der Waals surface area contributed by atoms with E-state index in [-0.39, 0.29) is 5.91 Å². The number of nitrogens with zero attached hydrogens (tertiary/aromatic N) is 2. The molecule has 0 radical (unpaired) electrons. The molecular formula is C19H25ClN2O3. The van der Waals surface area contributed by atoms with Crippen LogP contribution in [0.15, 0.2) is 18.2 Å². The predicted molar refractivity (Wildman–Crippen MR) is 97.1 cm³/mol. The number of hydrogen-bond donors (Lipinski definition) is 0. The van der Waals surface area contributed by atoms with Gasteiger partial charge in [-0.05, 0) is 49.8 Å². The molecule has 2 heterocycles. The number of halogens is 1. The summed E-state index contributed by atoms with van der Waals surface area (Å²) in [6.07, 6.45) is 4.72. The highest BCUT2D eigenvalue weighted by Gasteiger charge is 2.27. The third-order valence-electron chi connectivity index (χ3n) is 5.27. The van der Waals surface area contributed by atoms with Crippen LogP contribution in [0.4, 0.5) is 0 Å². The predicted octanol–water partition coefficient (Wildman–Crippen LogP) is 3.21. The molecule has 1 aromatic carbocycles. The zero-order chi connectivity index (χ0) is 17.8. The van der Waals surface area contributed by atoms with Gasteiger partial charge < -0.3 is 14.5 Å². The second-order valence-corrected chi connectivity index (χ2v) is 7.29. The molecule has 2 aliphatic rings. The molecule has 2 fully saturated rings. The van der Waals surface area contributed by atoms with E-state index in [0.29, 0.717) is 34.6 Å². The normalized spacial score (nSPS) is 18.7. The zero-order valence-corrected chi connectivity index (χ0v) is 15.4. The minimum absolute atomic E-state index is 0.00156. The first-order chi connectivity index (χ1) is 12.1. The quantitative estimate of drug-likeness (QED) is 0.806. The fourth-order valence-corrected chi connectivity index (χ4v) is 3.88. The van der Waals surface area contributed by atoms with Gasteiger partial charge in [0.2, 0.25) is 5.91 Å². The first-order valence-electron chi connectivity index (χ1n) is 8.99. The minimum Gasteiger partial charge on any atom is -0.496 e. The third kappa shape index (κ3) is 4.27. The van der Waals surface area contributed by atoms with Crippen molar-refractivity contribution in [2.24, 2.45) is 5.92 Å². The van der Waals surface area contributed by atoms with Gasteiger partial charge in [0, 0.05) is 37.6 Å². The van der Waals surface area contributed by atoms with E-state index in [1.807, 2.05) is 9.80 Å². The monoisotopic (exact) mass is 364 g/mol. The number of rotatable bonds is 5. The molecule has 0 spiro atoms. The zero-order valence-electron chi connectivity index (χ0n) is 14.7. The lowest BCUT2D eigenvalue weighted by atomic mass is 9.93. The first kappa shape index (κ1) is 18.1. The number of carbonyl (C=O) groups is 2. The van der Waals surface area contributed by atoms with Gasteiger partial charge in [-0.1, -0.05) is 11.6 Å². The average molecular weight is 365 g/mol. The van der Waals surface area contributed by atoms with Crippen LogP contribution < -0.4 is 4.74 Å². The van der Waals surface area contributed by atoms with Crippen LogP contribution in [0.25, 0.3) is 0 Å². The maximum atomic E-state index is 12.8. The van der Waals surface area contributed by atoms with Gasteiger partial charge in [-0.2, -0.15) is 0 Å². The number of benzene rings is 1. The van der Waals surface area contributed by atoms with E-state index < -0.39 is 0 Å². The van der Waals surface area contributed by atoms with Crippen molar-refractivity contribution in [3.05, 3.63) is 28.8 Å². The highest BCUT2D eigenvalue weighted by atomic mass is 35.5. The molecule has 0 aliphatic carbocycles. The Labute approximate surface area is 153 Å². The smallest absolute Gasteiger partial charge is 0.257 e. The van der Waals surface area contributed by atoms with Crippen LogP contribution in [0.2, 0.25) is 5.02 Å². The topological polar surface area (TPSA) is 49.9 Å². The Balaban J connectivity index is 1.51. The Hall–Kier alpha value is -1.75. The van der Waals surface area contributed by atoms with Crippen molar-refractivity contribution in [1.82, 2.24) is 9.80 Å². The number of ether oxygens (including phenoxy) is 1. The molecule has 0 saturated carbocycles. The number of carbonyl (C=O) groups excluding carboxylic acids is 2. The molecule has 0 unspecified atom stereocenters.